The molecule has 3 aromatic rings. The van der Waals surface area contributed by atoms with Crippen LogP contribution in [-0.4, -0.2) is 86.8 Å². The molecule has 2 aliphatic heterocycles. The predicted octanol–water partition coefficient (Wildman–Crippen LogP) is 6.91. The third-order valence-corrected chi connectivity index (χ3v) is 14.6. The molecule has 0 saturated heterocycles. The molecule has 0 amide bonds. The van der Waals surface area contributed by atoms with Gasteiger partial charge in [0, 0.05) is 47.5 Å². The summed E-state index contributed by atoms with van der Waals surface area (Å²) in [5, 5.41) is 0. The highest BCUT2D eigenvalue weighted by atomic mass is 32.2. The van der Waals surface area contributed by atoms with E-state index in [-0.39, 0.29) is 31.5 Å². The molecule has 14 nitrogen and oxygen atoms in total. The highest BCUT2D eigenvalue weighted by Gasteiger charge is 2.44. The predicted molar refractivity (Wildman–Crippen MR) is 230 cm³/mol. The topological polar surface area (TPSA) is 224 Å². The van der Waals surface area contributed by atoms with Gasteiger partial charge in [-0.15, -0.1) is 0 Å². The Bertz CT molecular complexity index is 2800. The van der Waals surface area contributed by atoms with Crippen molar-refractivity contribution in [1.29, 1.82) is 0 Å². The lowest BCUT2D eigenvalue weighted by atomic mass is 9.79. The first-order valence-corrected chi connectivity index (χ1v) is 25.3. The highest BCUT2D eigenvalue weighted by Crippen LogP contribution is 2.48. The molecule has 0 bridgehead atoms. The Balaban J connectivity index is 1.57. The van der Waals surface area contributed by atoms with Crippen molar-refractivity contribution in [2.45, 2.75) is 80.4 Å². The van der Waals surface area contributed by atoms with Crippen molar-refractivity contribution in [3.05, 3.63) is 125 Å². The number of anilines is 1. The summed E-state index contributed by atoms with van der Waals surface area (Å²) < 4.78 is 138. The van der Waals surface area contributed by atoms with Crippen LogP contribution in [0.4, 0.5) is 11.4 Å². The van der Waals surface area contributed by atoms with Crippen LogP contribution in [0.1, 0.15) is 76.5 Å². The van der Waals surface area contributed by atoms with Gasteiger partial charge in [0.25, 0.3) is 40.5 Å². The van der Waals surface area contributed by atoms with E-state index in [9.17, 15) is 51.9 Å². The number of nitrogens with zero attached hydrogens (tertiary/aromatic N) is 2. The summed E-state index contributed by atoms with van der Waals surface area (Å²) in [6.45, 7) is 8.63. The summed E-state index contributed by atoms with van der Waals surface area (Å²) in [4.78, 5) is 0.513. The number of hydrogen-bond acceptors (Lipinski definition) is 9. The van der Waals surface area contributed by atoms with E-state index in [2.05, 4.69) is 0 Å². The number of rotatable bonds is 14. The minimum absolute atomic E-state index is 0.102. The van der Waals surface area contributed by atoms with Crippen LogP contribution in [0.25, 0.3) is 5.57 Å². The third kappa shape index (κ3) is 9.76. The lowest BCUT2D eigenvalue weighted by Gasteiger charge is -2.28. The number of fused-ring (bicyclic) bond motifs is 2. The molecule has 0 radical (unpaired) electrons. The Hall–Kier alpha value is -4.27. The molecular formula is C42H49N2O12S4+. The van der Waals surface area contributed by atoms with Crippen LogP contribution in [-0.2, 0) is 51.3 Å². The minimum atomic E-state index is -4.96. The van der Waals surface area contributed by atoms with E-state index in [1.807, 2.05) is 110 Å². The van der Waals surface area contributed by atoms with Gasteiger partial charge in [-0.05, 0) is 97.7 Å². The van der Waals surface area contributed by atoms with Gasteiger partial charge >= 0.3 is 0 Å². The average molecular weight is 902 g/mol. The van der Waals surface area contributed by atoms with Gasteiger partial charge in [-0.2, -0.15) is 38.2 Å². The van der Waals surface area contributed by atoms with Gasteiger partial charge in [-0.1, -0.05) is 62.4 Å². The fraction of sp³-hybridized carbons (Fsp3) is 0.357. The Kier molecular flexibility index (Phi) is 12.5. The van der Waals surface area contributed by atoms with E-state index in [0.29, 0.717) is 42.0 Å². The van der Waals surface area contributed by atoms with Crippen molar-refractivity contribution in [3.8, 4) is 0 Å². The highest BCUT2D eigenvalue weighted by molar-refractivity contribution is 7.87. The third-order valence-electron chi connectivity index (χ3n) is 11.4. The molecule has 6 rings (SSSR count). The number of benzene rings is 3. The van der Waals surface area contributed by atoms with Gasteiger partial charge < -0.3 is 4.90 Å². The Morgan fingerprint density at radius 1 is 0.683 bits per heavy atom. The standard InChI is InChI=1S/C42H48N2O12S4/c1-41(2)34-14-5-7-16-36(34)43(22-10-24-57(45,46)47)38(41)20-18-29-12-9-13-30(40(29)31-26-32(59(51,52)53)28-33(27-31)60(54,55)56)19-21-39-42(3,4)35-15-6-8-17-37(35)44(39)23-11-25-58(48,49)50/h5-8,14-21,26-28H,9-13,22-25H2,1-4H3,(H3-,45,46,47,48,49,50,51,52,53,54,55,56)/p+1. The molecule has 4 N–H and O–H groups in total. The second kappa shape index (κ2) is 16.5. The first-order valence-electron chi connectivity index (χ1n) is 19.2. The molecule has 0 spiro atoms. The molecule has 18 heteroatoms. The van der Waals surface area contributed by atoms with E-state index in [1.165, 1.54) is 0 Å². The van der Waals surface area contributed by atoms with Gasteiger partial charge in [0.2, 0.25) is 5.69 Å². The van der Waals surface area contributed by atoms with Crippen LogP contribution >= 0.6 is 0 Å². The number of para-hydroxylation sites is 2. The molecule has 0 fully saturated rings. The molecule has 3 aromatic carbocycles. The van der Waals surface area contributed by atoms with Crippen molar-refractivity contribution in [2.75, 3.05) is 29.5 Å². The molecule has 60 heavy (non-hydrogen) atoms. The molecule has 0 atom stereocenters. The summed E-state index contributed by atoms with van der Waals surface area (Å²) in [6, 6.07) is 18.4. The number of hydrogen-bond donors (Lipinski definition) is 4. The monoisotopic (exact) mass is 901 g/mol. The fourth-order valence-electron chi connectivity index (χ4n) is 8.58. The second-order valence-electron chi connectivity index (χ2n) is 16.2. The van der Waals surface area contributed by atoms with Gasteiger partial charge in [0.05, 0.1) is 26.7 Å². The van der Waals surface area contributed by atoms with Crippen molar-refractivity contribution >= 4 is 63.1 Å². The molecule has 3 aliphatic rings. The van der Waals surface area contributed by atoms with E-state index >= 15 is 0 Å². The van der Waals surface area contributed by atoms with Gasteiger partial charge in [0.15, 0.2) is 5.71 Å². The van der Waals surface area contributed by atoms with Gasteiger partial charge in [-0.25, -0.2) is 0 Å². The quantitative estimate of drug-likeness (QED) is 0.0955. The molecule has 322 valence electrons. The summed E-state index contributed by atoms with van der Waals surface area (Å²) in [5.41, 5.74) is 6.08. The Labute approximate surface area is 352 Å². The van der Waals surface area contributed by atoms with Gasteiger partial charge in [0.1, 0.15) is 6.54 Å². The second-order valence-corrected chi connectivity index (χ2v) is 22.2. The van der Waals surface area contributed by atoms with Crippen LogP contribution in [0.5, 0.6) is 0 Å². The van der Waals surface area contributed by atoms with E-state index in [1.54, 1.807) is 0 Å². The van der Waals surface area contributed by atoms with Gasteiger partial charge in [-0.3, -0.25) is 18.2 Å². The molecule has 2 heterocycles. The van der Waals surface area contributed by atoms with Crippen LogP contribution < -0.4 is 4.90 Å². The van der Waals surface area contributed by atoms with E-state index < -0.39 is 72.6 Å². The number of allylic oxidation sites excluding steroid dienone is 8. The maximum absolute atomic E-state index is 12.5. The van der Waals surface area contributed by atoms with Crippen molar-refractivity contribution < 1.29 is 56.5 Å². The van der Waals surface area contributed by atoms with Crippen LogP contribution in [0.2, 0.25) is 0 Å². The van der Waals surface area contributed by atoms with E-state index in [0.717, 1.165) is 46.0 Å². The summed E-state index contributed by atoms with van der Waals surface area (Å²) in [7, 11) is -18.4. The molecule has 0 aromatic heterocycles. The van der Waals surface area contributed by atoms with Crippen LogP contribution in [0, 0.1) is 0 Å². The zero-order chi connectivity index (χ0) is 44.1. The van der Waals surface area contributed by atoms with Crippen LogP contribution in [0.3, 0.4) is 0 Å². The van der Waals surface area contributed by atoms with Crippen molar-refractivity contribution in [3.63, 3.8) is 0 Å². The molecule has 0 unspecified atom stereocenters. The Morgan fingerprint density at radius 3 is 1.88 bits per heavy atom. The first-order chi connectivity index (χ1) is 27.8. The molecule has 0 saturated carbocycles. The summed E-state index contributed by atoms with van der Waals surface area (Å²) in [6.07, 6.45) is 9.31. The zero-order valence-corrected chi connectivity index (χ0v) is 36.9. The summed E-state index contributed by atoms with van der Waals surface area (Å²) in [5.74, 6) is -0.885. The zero-order valence-electron chi connectivity index (χ0n) is 33.6. The Morgan fingerprint density at radius 2 is 1.27 bits per heavy atom. The largest absolute Gasteiger partial charge is 0.344 e. The lowest BCUT2D eigenvalue weighted by Crippen LogP contribution is -2.28. The van der Waals surface area contributed by atoms with Crippen molar-refractivity contribution in [1.82, 2.24) is 0 Å². The average Bonchev–Trinajstić information content (AvgIpc) is 3.49. The normalized spacial score (nSPS) is 19.5. The minimum Gasteiger partial charge on any atom is -0.344 e. The summed E-state index contributed by atoms with van der Waals surface area (Å²) >= 11 is 0. The first kappa shape index (κ1) is 45.3. The van der Waals surface area contributed by atoms with E-state index in [4.69, 9.17) is 0 Å². The fourth-order valence-corrected chi connectivity index (χ4v) is 10.7. The molecular weight excluding hydrogens is 853 g/mol. The van der Waals surface area contributed by atoms with Crippen molar-refractivity contribution in [2.24, 2.45) is 0 Å². The SMILES string of the molecule is CC1(C)C(/C=C/C2=C(c3cc(S(=O)(=O)O)cc(S(=O)(=O)O)c3)C(=C/C=C3/N(CCCS(=O)(=O)O)c4ccccc4C3(C)C)/CCC2)=[N+](CCCS(=O)(=O)O)c2ccccc21. The maximum atomic E-state index is 12.5. The smallest absolute Gasteiger partial charge is 0.294 e. The lowest BCUT2D eigenvalue weighted by molar-refractivity contribution is -0.437. The molecule has 1 aliphatic carbocycles. The van der Waals surface area contributed by atoms with Crippen LogP contribution in [0.15, 0.2) is 118 Å². The maximum Gasteiger partial charge on any atom is 0.294 e.